The van der Waals surface area contributed by atoms with Crippen molar-refractivity contribution in [3.05, 3.63) is 59.7 Å². The standard InChI is InChI=1S/C27H32N2O2S/c1-2-19-12-18-13-23-25-21(10-11-29(15-18)26(19)23)22-14-20(8-9-24(22)28-25)32-27(30)31-16-17-6-4-3-5-7-17/h3-9,14,18-19,21,23,25-26,28H,2,10-13,15-16H2,1H3. The van der Waals surface area contributed by atoms with Gasteiger partial charge in [-0.05, 0) is 84.6 Å². The van der Waals surface area contributed by atoms with Crippen molar-refractivity contribution in [2.75, 3.05) is 18.4 Å². The van der Waals surface area contributed by atoms with E-state index in [4.69, 9.17) is 4.74 Å². The summed E-state index contributed by atoms with van der Waals surface area (Å²) in [6.45, 7) is 5.23. The van der Waals surface area contributed by atoms with Gasteiger partial charge in [0.15, 0.2) is 0 Å². The van der Waals surface area contributed by atoms with Gasteiger partial charge in [0.05, 0.1) is 0 Å². The SMILES string of the molecule is CCC1CC2CC3C4Nc5ccc(SC(=O)OCc6ccccc6)cc5C4CCN(C2)C13. The largest absolute Gasteiger partial charge is 0.452 e. The molecule has 4 fully saturated rings. The van der Waals surface area contributed by atoms with Crippen LogP contribution in [0.15, 0.2) is 53.4 Å². The van der Waals surface area contributed by atoms with Gasteiger partial charge >= 0.3 is 5.30 Å². The fourth-order valence-electron chi connectivity index (χ4n) is 7.12. The van der Waals surface area contributed by atoms with Crippen molar-refractivity contribution in [2.24, 2.45) is 17.8 Å². The minimum Gasteiger partial charge on any atom is -0.452 e. The third-order valence-electron chi connectivity index (χ3n) is 8.37. The molecule has 0 amide bonds. The molecule has 0 radical (unpaired) electrons. The van der Waals surface area contributed by atoms with E-state index in [1.807, 2.05) is 30.3 Å². The molecule has 32 heavy (non-hydrogen) atoms. The minimum absolute atomic E-state index is 0.234. The number of carbonyl (C=O) groups is 1. The lowest BCUT2D eigenvalue weighted by Crippen LogP contribution is -2.59. The molecule has 0 aromatic heterocycles. The van der Waals surface area contributed by atoms with E-state index in [-0.39, 0.29) is 5.30 Å². The van der Waals surface area contributed by atoms with Crippen LogP contribution in [-0.4, -0.2) is 35.4 Å². The number of thioether (sulfide) groups is 1. The van der Waals surface area contributed by atoms with Crippen LogP contribution in [0.25, 0.3) is 0 Å². The summed E-state index contributed by atoms with van der Waals surface area (Å²) in [5.74, 6) is 3.05. The lowest BCUT2D eigenvalue weighted by Gasteiger charge is -2.54. The molecule has 7 atom stereocenters. The van der Waals surface area contributed by atoms with Gasteiger partial charge in [0.1, 0.15) is 6.61 Å². The minimum atomic E-state index is -0.234. The number of nitrogens with one attached hydrogen (secondary N) is 1. The lowest BCUT2D eigenvalue weighted by molar-refractivity contribution is -0.0383. The molecule has 4 aliphatic heterocycles. The Morgan fingerprint density at radius 3 is 2.91 bits per heavy atom. The molecule has 168 valence electrons. The van der Waals surface area contributed by atoms with Crippen LogP contribution in [0, 0.1) is 17.8 Å². The van der Waals surface area contributed by atoms with Crippen LogP contribution >= 0.6 is 11.8 Å². The first-order chi connectivity index (χ1) is 15.7. The summed E-state index contributed by atoms with van der Waals surface area (Å²) >= 11 is 1.21. The molecule has 7 unspecified atom stereocenters. The van der Waals surface area contributed by atoms with E-state index in [0.29, 0.717) is 18.6 Å². The second-order valence-corrected chi connectivity index (χ2v) is 11.1. The molecule has 0 spiro atoms. The van der Waals surface area contributed by atoms with Gasteiger partial charge in [0, 0.05) is 35.1 Å². The maximum atomic E-state index is 12.4. The van der Waals surface area contributed by atoms with Gasteiger partial charge in [-0.25, -0.2) is 4.79 Å². The molecule has 7 rings (SSSR count). The molecule has 2 aromatic carbocycles. The van der Waals surface area contributed by atoms with Crippen LogP contribution in [0.4, 0.5) is 10.5 Å². The highest BCUT2D eigenvalue weighted by atomic mass is 32.2. The van der Waals surface area contributed by atoms with Crippen molar-refractivity contribution in [2.45, 2.75) is 62.1 Å². The zero-order valence-corrected chi connectivity index (χ0v) is 19.5. The molecule has 2 aromatic rings. The van der Waals surface area contributed by atoms with Gasteiger partial charge in [-0.1, -0.05) is 43.7 Å². The highest BCUT2D eigenvalue weighted by molar-refractivity contribution is 8.13. The van der Waals surface area contributed by atoms with E-state index in [1.54, 1.807) is 0 Å². The number of hydrogen-bond acceptors (Lipinski definition) is 5. The predicted molar refractivity (Wildman–Crippen MR) is 129 cm³/mol. The summed E-state index contributed by atoms with van der Waals surface area (Å²) < 4.78 is 5.49. The fraction of sp³-hybridized carbons (Fsp3) is 0.519. The van der Waals surface area contributed by atoms with E-state index < -0.39 is 0 Å². The van der Waals surface area contributed by atoms with E-state index in [0.717, 1.165) is 34.3 Å². The van der Waals surface area contributed by atoms with Crippen molar-refractivity contribution in [1.82, 2.24) is 4.90 Å². The van der Waals surface area contributed by atoms with Crippen molar-refractivity contribution < 1.29 is 9.53 Å². The topological polar surface area (TPSA) is 41.6 Å². The monoisotopic (exact) mass is 448 g/mol. The maximum Gasteiger partial charge on any atom is 0.372 e. The molecule has 1 aliphatic carbocycles. The number of fused-ring (bicyclic) bond motifs is 4. The molecule has 5 aliphatic rings. The average molecular weight is 449 g/mol. The molecule has 1 saturated carbocycles. The summed E-state index contributed by atoms with van der Waals surface area (Å²) in [5, 5.41) is 3.70. The summed E-state index contributed by atoms with van der Waals surface area (Å²) in [6, 6.07) is 17.7. The number of nitrogens with zero attached hydrogens (tertiary/aromatic N) is 1. The number of carbonyl (C=O) groups excluding carboxylic acids is 1. The average Bonchev–Trinajstić information content (AvgIpc) is 3.14. The number of rotatable bonds is 4. The van der Waals surface area contributed by atoms with E-state index in [1.165, 1.54) is 61.8 Å². The Morgan fingerprint density at radius 2 is 2.06 bits per heavy atom. The van der Waals surface area contributed by atoms with Crippen LogP contribution in [0.5, 0.6) is 0 Å². The Morgan fingerprint density at radius 1 is 1.19 bits per heavy atom. The van der Waals surface area contributed by atoms with Gasteiger partial charge in [0.25, 0.3) is 0 Å². The second kappa shape index (κ2) is 8.42. The number of anilines is 1. The van der Waals surface area contributed by atoms with E-state index in [9.17, 15) is 4.79 Å². The first kappa shape index (κ1) is 20.6. The summed E-state index contributed by atoms with van der Waals surface area (Å²) in [7, 11) is 0. The van der Waals surface area contributed by atoms with Gasteiger partial charge in [-0.2, -0.15) is 0 Å². The van der Waals surface area contributed by atoms with Gasteiger partial charge in [-0.15, -0.1) is 0 Å². The van der Waals surface area contributed by atoms with Crippen molar-refractivity contribution in [3.63, 3.8) is 0 Å². The number of ether oxygens (including phenoxy) is 1. The quantitative estimate of drug-likeness (QED) is 0.450. The smallest absolute Gasteiger partial charge is 0.372 e. The normalized spacial score (nSPS) is 34.2. The van der Waals surface area contributed by atoms with Crippen molar-refractivity contribution in [1.29, 1.82) is 0 Å². The van der Waals surface area contributed by atoms with Crippen molar-refractivity contribution >= 4 is 22.8 Å². The summed E-state index contributed by atoms with van der Waals surface area (Å²) in [5.41, 5.74) is 3.71. The van der Waals surface area contributed by atoms with Crippen molar-refractivity contribution in [3.8, 4) is 0 Å². The number of hydrogen-bond donors (Lipinski definition) is 1. The Labute approximate surface area is 195 Å². The Hall–Kier alpha value is -1.98. The predicted octanol–water partition coefficient (Wildman–Crippen LogP) is 6.13. The van der Waals surface area contributed by atoms with Crippen LogP contribution in [0.1, 0.15) is 49.7 Å². The molecule has 1 N–H and O–H groups in total. The van der Waals surface area contributed by atoms with Crippen LogP contribution < -0.4 is 5.32 Å². The first-order valence-corrected chi connectivity index (χ1v) is 13.0. The molecule has 4 nitrogen and oxygen atoms in total. The number of piperidine rings is 2. The highest BCUT2D eigenvalue weighted by Gasteiger charge is 2.53. The summed E-state index contributed by atoms with van der Waals surface area (Å²) in [4.78, 5) is 16.3. The van der Waals surface area contributed by atoms with Gasteiger partial charge in [-0.3, -0.25) is 4.90 Å². The number of benzene rings is 2. The van der Waals surface area contributed by atoms with Crippen LogP contribution in [-0.2, 0) is 11.3 Å². The molecule has 5 heteroatoms. The summed E-state index contributed by atoms with van der Waals surface area (Å²) in [6.07, 6.45) is 5.34. The van der Waals surface area contributed by atoms with Crippen LogP contribution in [0.3, 0.4) is 0 Å². The zero-order chi connectivity index (χ0) is 21.7. The third kappa shape index (κ3) is 3.63. The maximum absolute atomic E-state index is 12.4. The van der Waals surface area contributed by atoms with E-state index in [2.05, 4.69) is 35.3 Å². The Balaban J connectivity index is 1.18. The zero-order valence-electron chi connectivity index (χ0n) is 18.7. The molecule has 4 bridgehead atoms. The fourth-order valence-corrected chi connectivity index (χ4v) is 7.75. The third-order valence-corrected chi connectivity index (χ3v) is 9.14. The van der Waals surface area contributed by atoms with Gasteiger partial charge in [0.2, 0.25) is 0 Å². The van der Waals surface area contributed by atoms with E-state index >= 15 is 0 Å². The Kier molecular flexibility index (Phi) is 5.42. The Bertz CT molecular complexity index is 996. The van der Waals surface area contributed by atoms with Gasteiger partial charge < -0.3 is 10.1 Å². The highest BCUT2D eigenvalue weighted by Crippen LogP contribution is 2.53. The molecule has 3 saturated heterocycles. The van der Waals surface area contributed by atoms with Crippen LogP contribution in [0.2, 0.25) is 0 Å². The lowest BCUT2D eigenvalue weighted by atomic mass is 9.63. The second-order valence-electron chi connectivity index (χ2n) is 10.1. The molecule has 4 heterocycles. The first-order valence-electron chi connectivity index (χ1n) is 12.2. The molecular weight excluding hydrogens is 416 g/mol. The molecular formula is C27H32N2O2S.